The van der Waals surface area contributed by atoms with Crippen molar-refractivity contribution >= 4 is 29.3 Å². The van der Waals surface area contributed by atoms with Crippen molar-refractivity contribution in [2.45, 2.75) is 31.8 Å². The van der Waals surface area contributed by atoms with Crippen LogP contribution in [0.15, 0.2) is 54.7 Å². The number of hydrogen-bond donors (Lipinski definition) is 3. The van der Waals surface area contributed by atoms with Gasteiger partial charge in [0.15, 0.2) is 0 Å². The SMILES string of the molecule is CC[C@H](NC(=O)c1cnc(CNC(=O)OCC2c3ccccc3-c3ccccc32)s1)C(=O)O. The van der Waals surface area contributed by atoms with E-state index in [2.05, 4.69) is 39.9 Å². The van der Waals surface area contributed by atoms with Crippen LogP contribution in [0.1, 0.15) is 45.1 Å². The van der Waals surface area contributed by atoms with E-state index in [0.29, 0.717) is 5.01 Å². The summed E-state index contributed by atoms with van der Waals surface area (Å²) in [6, 6.07) is 15.2. The second-order valence-corrected chi connectivity index (χ2v) is 8.69. The first-order valence-electron chi connectivity index (χ1n) is 10.5. The van der Waals surface area contributed by atoms with Gasteiger partial charge in [0.25, 0.3) is 5.91 Å². The van der Waals surface area contributed by atoms with Crippen molar-refractivity contribution in [2.24, 2.45) is 0 Å². The second kappa shape index (κ2) is 9.83. The van der Waals surface area contributed by atoms with E-state index in [1.165, 1.54) is 6.20 Å². The number of carboxylic acid groups (broad SMARTS) is 1. The minimum Gasteiger partial charge on any atom is -0.480 e. The summed E-state index contributed by atoms with van der Waals surface area (Å²) < 4.78 is 5.49. The molecule has 8 nitrogen and oxygen atoms in total. The molecule has 1 heterocycles. The molecule has 0 saturated heterocycles. The molecule has 0 aliphatic heterocycles. The summed E-state index contributed by atoms with van der Waals surface area (Å²) >= 11 is 1.09. The molecular weight excluding hydrogens is 442 g/mol. The molecule has 0 spiro atoms. The van der Waals surface area contributed by atoms with E-state index in [1.54, 1.807) is 6.92 Å². The number of benzene rings is 2. The average Bonchev–Trinajstić information content (AvgIpc) is 3.42. The van der Waals surface area contributed by atoms with Crippen molar-refractivity contribution in [3.8, 4) is 11.1 Å². The number of hydrogen-bond acceptors (Lipinski definition) is 6. The van der Waals surface area contributed by atoms with Crippen molar-refractivity contribution in [3.05, 3.63) is 75.7 Å². The number of aliphatic carboxylic acids is 1. The molecule has 1 atom stereocenters. The summed E-state index contributed by atoms with van der Waals surface area (Å²) in [6.45, 7) is 1.99. The zero-order chi connectivity index (χ0) is 23.4. The summed E-state index contributed by atoms with van der Waals surface area (Å²) in [5.41, 5.74) is 4.58. The van der Waals surface area contributed by atoms with E-state index in [1.807, 2.05) is 24.3 Å². The number of rotatable bonds is 8. The van der Waals surface area contributed by atoms with Gasteiger partial charge in [0, 0.05) is 5.92 Å². The number of aromatic nitrogens is 1. The van der Waals surface area contributed by atoms with Gasteiger partial charge in [-0.1, -0.05) is 55.5 Å². The molecule has 170 valence electrons. The predicted octanol–water partition coefficient (Wildman–Crippen LogP) is 3.77. The molecule has 1 aromatic heterocycles. The maximum absolute atomic E-state index is 12.3. The number of fused-ring (bicyclic) bond motifs is 3. The molecule has 0 saturated carbocycles. The maximum atomic E-state index is 12.3. The lowest BCUT2D eigenvalue weighted by atomic mass is 9.98. The van der Waals surface area contributed by atoms with Crippen LogP contribution in [-0.4, -0.2) is 40.7 Å². The number of alkyl carbamates (subject to hydrolysis) is 1. The van der Waals surface area contributed by atoms with E-state index < -0.39 is 24.0 Å². The zero-order valence-corrected chi connectivity index (χ0v) is 18.7. The van der Waals surface area contributed by atoms with E-state index in [0.717, 1.165) is 33.6 Å². The number of ether oxygens (including phenoxy) is 1. The minimum atomic E-state index is -1.09. The Morgan fingerprint density at radius 1 is 1.09 bits per heavy atom. The van der Waals surface area contributed by atoms with Crippen molar-refractivity contribution in [1.82, 2.24) is 15.6 Å². The summed E-state index contributed by atoms with van der Waals surface area (Å²) in [6.07, 6.45) is 1.06. The molecule has 1 aliphatic rings. The van der Waals surface area contributed by atoms with Gasteiger partial charge in [-0.25, -0.2) is 14.6 Å². The Morgan fingerprint density at radius 2 is 1.73 bits per heavy atom. The highest BCUT2D eigenvalue weighted by atomic mass is 32.1. The van der Waals surface area contributed by atoms with Crippen LogP contribution in [0.3, 0.4) is 0 Å². The second-order valence-electron chi connectivity index (χ2n) is 7.57. The number of nitrogens with zero attached hydrogens (tertiary/aromatic N) is 1. The number of carbonyl (C=O) groups is 3. The minimum absolute atomic E-state index is 0.0287. The van der Waals surface area contributed by atoms with Crippen molar-refractivity contribution in [2.75, 3.05) is 6.61 Å². The Balaban J connectivity index is 1.31. The van der Waals surface area contributed by atoms with Crippen LogP contribution < -0.4 is 10.6 Å². The monoisotopic (exact) mass is 465 g/mol. The average molecular weight is 466 g/mol. The number of amides is 2. The number of nitrogens with one attached hydrogen (secondary N) is 2. The van der Waals surface area contributed by atoms with Gasteiger partial charge in [-0.05, 0) is 28.7 Å². The summed E-state index contributed by atoms with van der Waals surface area (Å²) in [4.78, 5) is 40.0. The van der Waals surface area contributed by atoms with Gasteiger partial charge < -0.3 is 20.5 Å². The van der Waals surface area contributed by atoms with E-state index in [4.69, 9.17) is 9.84 Å². The molecular formula is C24H23N3O5S. The van der Waals surface area contributed by atoms with Crippen LogP contribution in [0.2, 0.25) is 0 Å². The Morgan fingerprint density at radius 3 is 2.33 bits per heavy atom. The fraction of sp³-hybridized carbons (Fsp3) is 0.250. The topological polar surface area (TPSA) is 118 Å². The molecule has 1 aliphatic carbocycles. The summed E-state index contributed by atoms with van der Waals surface area (Å²) in [7, 11) is 0. The van der Waals surface area contributed by atoms with Gasteiger partial charge in [0.1, 0.15) is 22.5 Å². The molecule has 4 rings (SSSR count). The van der Waals surface area contributed by atoms with Crippen LogP contribution in [0.25, 0.3) is 11.1 Å². The highest BCUT2D eigenvalue weighted by Crippen LogP contribution is 2.44. The molecule has 3 N–H and O–H groups in total. The standard InChI is InChI=1S/C24H23N3O5S/c1-2-19(23(29)30)27-22(28)20-11-25-21(33-20)12-26-24(31)32-13-18-16-9-5-3-7-14(16)15-8-4-6-10-17(15)18/h3-11,18-19H,2,12-13H2,1H3,(H,26,31)(H,27,28)(H,29,30)/t19-/m0/s1. The predicted molar refractivity (Wildman–Crippen MR) is 123 cm³/mol. The highest BCUT2D eigenvalue weighted by molar-refractivity contribution is 7.13. The Kier molecular flexibility index (Phi) is 6.69. The van der Waals surface area contributed by atoms with Gasteiger partial charge in [0.05, 0.1) is 12.7 Å². The van der Waals surface area contributed by atoms with Crippen LogP contribution in [0.4, 0.5) is 4.79 Å². The highest BCUT2D eigenvalue weighted by Gasteiger charge is 2.29. The third-order valence-electron chi connectivity index (χ3n) is 5.52. The molecule has 3 aromatic rings. The normalized spacial score (nSPS) is 13.0. The Labute approximate surface area is 194 Å². The smallest absolute Gasteiger partial charge is 0.407 e. The quantitative estimate of drug-likeness (QED) is 0.466. The fourth-order valence-corrected chi connectivity index (χ4v) is 4.62. The van der Waals surface area contributed by atoms with E-state index in [-0.39, 0.29) is 30.4 Å². The number of carboxylic acids is 1. The number of thiazole rings is 1. The van der Waals surface area contributed by atoms with Crippen molar-refractivity contribution < 1.29 is 24.2 Å². The summed E-state index contributed by atoms with van der Waals surface area (Å²) in [5, 5.41) is 14.7. The molecule has 0 radical (unpaired) electrons. The maximum Gasteiger partial charge on any atom is 0.407 e. The first-order chi connectivity index (χ1) is 16.0. The molecule has 9 heteroatoms. The van der Waals surface area contributed by atoms with Gasteiger partial charge in [-0.3, -0.25) is 4.79 Å². The molecule has 2 aromatic carbocycles. The first-order valence-corrected chi connectivity index (χ1v) is 11.4. The molecule has 0 unspecified atom stereocenters. The van der Waals surface area contributed by atoms with Crippen LogP contribution in [0.5, 0.6) is 0 Å². The zero-order valence-electron chi connectivity index (χ0n) is 17.9. The van der Waals surface area contributed by atoms with E-state index >= 15 is 0 Å². The van der Waals surface area contributed by atoms with Crippen molar-refractivity contribution in [1.29, 1.82) is 0 Å². The van der Waals surface area contributed by atoms with Crippen LogP contribution in [0, 0.1) is 0 Å². The lowest BCUT2D eigenvalue weighted by Gasteiger charge is -2.14. The molecule has 33 heavy (non-hydrogen) atoms. The van der Waals surface area contributed by atoms with Gasteiger partial charge >= 0.3 is 12.1 Å². The van der Waals surface area contributed by atoms with Crippen LogP contribution >= 0.6 is 11.3 Å². The lowest BCUT2D eigenvalue weighted by molar-refractivity contribution is -0.139. The third-order valence-corrected chi connectivity index (χ3v) is 6.51. The van der Waals surface area contributed by atoms with E-state index in [9.17, 15) is 14.4 Å². The fourth-order valence-electron chi connectivity index (χ4n) is 3.86. The molecule has 0 bridgehead atoms. The van der Waals surface area contributed by atoms with Crippen molar-refractivity contribution in [3.63, 3.8) is 0 Å². The number of carbonyl (C=O) groups excluding carboxylic acids is 2. The Hall–Kier alpha value is -3.72. The molecule has 0 fully saturated rings. The lowest BCUT2D eigenvalue weighted by Crippen LogP contribution is -2.39. The van der Waals surface area contributed by atoms with Gasteiger partial charge in [-0.15, -0.1) is 11.3 Å². The molecule has 2 amide bonds. The van der Waals surface area contributed by atoms with Gasteiger partial charge in [-0.2, -0.15) is 0 Å². The van der Waals surface area contributed by atoms with Crippen LogP contribution in [-0.2, 0) is 16.1 Å². The Bertz CT molecular complexity index is 1150. The third kappa shape index (κ3) is 4.88. The first kappa shape index (κ1) is 22.5. The van der Waals surface area contributed by atoms with Gasteiger partial charge in [0.2, 0.25) is 0 Å². The summed E-state index contributed by atoms with van der Waals surface area (Å²) in [5.74, 6) is -1.62. The largest absolute Gasteiger partial charge is 0.480 e.